The van der Waals surface area contributed by atoms with Gasteiger partial charge in [-0.15, -0.1) is 0 Å². The Morgan fingerprint density at radius 1 is 1.29 bits per heavy atom. The number of nitrogen functional groups attached to an aromatic ring is 1. The van der Waals surface area contributed by atoms with Crippen molar-refractivity contribution in [1.82, 2.24) is 0 Å². The molecule has 0 radical (unpaired) electrons. The zero-order valence-electron chi connectivity index (χ0n) is 9.71. The van der Waals surface area contributed by atoms with E-state index < -0.39 is 12.7 Å². The maximum absolute atomic E-state index is 12.2. The molecule has 3 nitrogen and oxygen atoms in total. The van der Waals surface area contributed by atoms with Gasteiger partial charge in [-0.05, 0) is 13.0 Å². The first-order valence-corrected chi connectivity index (χ1v) is 5.13. The predicted octanol–water partition coefficient (Wildman–Crippen LogP) is 2.67. The number of rotatable bonds is 4. The van der Waals surface area contributed by atoms with Crippen LogP contribution >= 0.6 is 0 Å². The number of nitrogens with two attached hydrogens (primary N) is 1. The molecule has 0 bridgehead atoms. The lowest BCUT2D eigenvalue weighted by atomic mass is 10.2. The van der Waals surface area contributed by atoms with Crippen molar-refractivity contribution < 1.29 is 17.9 Å². The Balaban J connectivity index is 2.89. The molecule has 1 aromatic carbocycles. The van der Waals surface area contributed by atoms with E-state index in [4.69, 9.17) is 10.5 Å². The average molecular weight is 248 g/mol. The third-order valence-electron chi connectivity index (χ3n) is 2.08. The zero-order valence-corrected chi connectivity index (χ0v) is 9.71. The first-order chi connectivity index (χ1) is 7.81. The summed E-state index contributed by atoms with van der Waals surface area (Å²) in [5, 5.41) is 0. The highest BCUT2D eigenvalue weighted by Crippen LogP contribution is 2.27. The number of anilines is 2. The number of hydrogen-bond acceptors (Lipinski definition) is 3. The molecule has 1 aromatic rings. The molecule has 17 heavy (non-hydrogen) atoms. The van der Waals surface area contributed by atoms with E-state index in [-0.39, 0.29) is 0 Å². The average Bonchev–Trinajstić information content (AvgIpc) is 2.14. The summed E-state index contributed by atoms with van der Waals surface area (Å²) < 4.78 is 41.9. The predicted molar refractivity (Wildman–Crippen MR) is 61.3 cm³/mol. The maximum Gasteiger partial charge on any atom is 0.405 e. The van der Waals surface area contributed by atoms with E-state index in [0.717, 1.165) is 4.90 Å². The van der Waals surface area contributed by atoms with Crippen LogP contribution in [0.25, 0.3) is 0 Å². The highest BCUT2D eigenvalue weighted by Gasteiger charge is 2.29. The zero-order chi connectivity index (χ0) is 13.1. The van der Waals surface area contributed by atoms with Crippen molar-refractivity contribution in [1.29, 1.82) is 0 Å². The van der Waals surface area contributed by atoms with Crippen LogP contribution in [0.5, 0.6) is 5.75 Å². The number of nitrogens with zero attached hydrogens (tertiary/aromatic N) is 1. The van der Waals surface area contributed by atoms with E-state index in [1.807, 2.05) is 0 Å². The van der Waals surface area contributed by atoms with Gasteiger partial charge >= 0.3 is 6.18 Å². The SMILES string of the molecule is CCOc1cc(N)cc(N(C)CC(F)(F)F)c1. The molecule has 0 saturated heterocycles. The van der Waals surface area contributed by atoms with Crippen LogP contribution in [0, 0.1) is 0 Å². The molecule has 1 rings (SSSR count). The van der Waals surface area contributed by atoms with Crippen molar-refractivity contribution in [3.63, 3.8) is 0 Å². The minimum Gasteiger partial charge on any atom is -0.494 e. The van der Waals surface area contributed by atoms with Crippen LogP contribution in [0.3, 0.4) is 0 Å². The van der Waals surface area contributed by atoms with Gasteiger partial charge in [-0.1, -0.05) is 0 Å². The van der Waals surface area contributed by atoms with Gasteiger partial charge in [0.15, 0.2) is 0 Å². The van der Waals surface area contributed by atoms with E-state index in [9.17, 15) is 13.2 Å². The van der Waals surface area contributed by atoms with E-state index in [1.165, 1.54) is 19.2 Å². The second-order valence-corrected chi connectivity index (χ2v) is 3.66. The van der Waals surface area contributed by atoms with Crippen LogP contribution in [0.4, 0.5) is 24.5 Å². The minimum absolute atomic E-state index is 0.375. The van der Waals surface area contributed by atoms with Gasteiger partial charge in [0.05, 0.1) is 6.61 Å². The second-order valence-electron chi connectivity index (χ2n) is 3.66. The van der Waals surface area contributed by atoms with Crippen molar-refractivity contribution in [2.45, 2.75) is 13.1 Å². The van der Waals surface area contributed by atoms with Crippen LogP contribution in [-0.4, -0.2) is 26.4 Å². The van der Waals surface area contributed by atoms with Crippen molar-refractivity contribution in [2.75, 3.05) is 30.8 Å². The van der Waals surface area contributed by atoms with E-state index in [2.05, 4.69) is 0 Å². The van der Waals surface area contributed by atoms with Gasteiger partial charge in [0.25, 0.3) is 0 Å². The van der Waals surface area contributed by atoms with Crippen molar-refractivity contribution >= 4 is 11.4 Å². The summed E-state index contributed by atoms with van der Waals surface area (Å²) >= 11 is 0. The smallest absolute Gasteiger partial charge is 0.405 e. The van der Waals surface area contributed by atoms with Gasteiger partial charge in [-0.25, -0.2) is 0 Å². The van der Waals surface area contributed by atoms with Crippen LogP contribution in [0.1, 0.15) is 6.92 Å². The van der Waals surface area contributed by atoms with Gasteiger partial charge in [-0.3, -0.25) is 0 Å². The van der Waals surface area contributed by atoms with E-state index >= 15 is 0 Å². The fraction of sp³-hybridized carbons (Fsp3) is 0.455. The normalized spacial score (nSPS) is 11.4. The summed E-state index contributed by atoms with van der Waals surface area (Å²) in [6.07, 6.45) is -4.24. The van der Waals surface area contributed by atoms with Crippen molar-refractivity contribution in [3.05, 3.63) is 18.2 Å². The Bertz CT molecular complexity index is 379. The Morgan fingerprint density at radius 2 is 1.94 bits per heavy atom. The summed E-state index contributed by atoms with van der Waals surface area (Å²) in [6.45, 7) is 1.20. The summed E-state index contributed by atoms with van der Waals surface area (Å²) in [6, 6.07) is 4.59. The minimum atomic E-state index is -4.24. The molecule has 0 aliphatic heterocycles. The maximum atomic E-state index is 12.2. The molecule has 0 saturated carbocycles. The topological polar surface area (TPSA) is 38.5 Å². The third kappa shape index (κ3) is 4.42. The summed E-state index contributed by atoms with van der Waals surface area (Å²) in [4.78, 5) is 1.08. The van der Waals surface area contributed by atoms with Crippen LogP contribution in [-0.2, 0) is 0 Å². The number of halogens is 3. The summed E-state index contributed by atoms with van der Waals surface area (Å²) in [7, 11) is 1.36. The summed E-state index contributed by atoms with van der Waals surface area (Å²) in [5.74, 6) is 0.469. The Kier molecular flexibility index (Phi) is 4.09. The van der Waals surface area contributed by atoms with Crippen LogP contribution in [0.15, 0.2) is 18.2 Å². The monoisotopic (exact) mass is 248 g/mol. The molecule has 0 aliphatic rings. The van der Waals surface area contributed by atoms with E-state index in [1.54, 1.807) is 13.0 Å². The molecule has 0 atom stereocenters. The molecule has 6 heteroatoms. The van der Waals surface area contributed by atoms with Crippen LogP contribution in [0.2, 0.25) is 0 Å². The lowest BCUT2D eigenvalue weighted by Gasteiger charge is -2.22. The van der Waals surface area contributed by atoms with Crippen molar-refractivity contribution in [3.8, 4) is 5.75 Å². The van der Waals surface area contributed by atoms with Gasteiger partial charge in [0.1, 0.15) is 12.3 Å². The quantitative estimate of drug-likeness (QED) is 0.832. The van der Waals surface area contributed by atoms with Crippen LogP contribution < -0.4 is 15.4 Å². The molecule has 0 unspecified atom stereocenters. The lowest BCUT2D eigenvalue weighted by molar-refractivity contribution is -0.119. The fourth-order valence-corrected chi connectivity index (χ4v) is 1.44. The Morgan fingerprint density at radius 3 is 2.47 bits per heavy atom. The number of benzene rings is 1. The highest BCUT2D eigenvalue weighted by atomic mass is 19.4. The number of hydrogen-bond donors (Lipinski definition) is 1. The molecular weight excluding hydrogens is 233 g/mol. The third-order valence-corrected chi connectivity index (χ3v) is 2.08. The Hall–Kier alpha value is -1.59. The molecular formula is C11H15F3N2O. The molecule has 0 aromatic heterocycles. The van der Waals surface area contributed by atoms with E-state index in [0.29, 0.717) is 23.7 Å². The molecule has 0 fully saturated rings. The highest BCUT2D eigenvalue weighted by molar-refractivity contribution is 5.60. The number of alkyl halides is 3. The first-order valence-electron chi connectivity index (χ1n) is 5.13. The first kappa shape index (κ1) is 13.5. The summed E-state index contributed by atoms with van der Waals surface area (Å²) in [5.41, 5.74) is 6.36. The molecule has 96 valence electrons. The molecule has 0 spiro atoms. The van der Waals surface area contributed by atoms with Gasteiger partial charge < -0.3 is 15.4 Å². The lowest BCUT2D eigenvalue weighted by Crippen LogP contribution is -2.30. The van der Waals surface area contributed by atoms with Gasteiger partial charge in [0.2, 0.25) is 0 Å². The molecule has 0 heterocycles. The second kappa shape index (κ2) is 5.16. The van der Waals surface area contributed by atoms with Crippen molar-refractivity contribution in [2.24, 2.45) is 0 Å². The Labute approximate surface area is 98.0 Å². The molecule has 2 N–H and O–H groups in total. The number of ether oxygens (including phenoxy) is 1. The largest absolute Gasteiger partial charge is 0.494 e. The van der Waals surface area contributed by atoms with Gasteiger partial charge in [0, 0.05) is 30.6 Å². The molecule has 0 amide bonds. The molecule has 0 aliphatic carbocycles. The fourth-order valence-electron chi connectivity index (χ4n) is 1.44. The van der Waals surface area contributed by atoms with Gasteiger partial charge in [-0.2, -0.15) is 13.2 Å². The standard InChI is InChI=1S/C11H15F3N2O/c1-3-17-10-5-8(15)4-9(6-10)16(2)7-11(12,13)14/h4-6H,3,7,15H2,1-2H3.